The molecule has 2 heterocycles. The molecule has 144 valence electrons. The number of rotatable bonds is 9. The first-order valence-corrected chi connectivity index (χ1v) is 9.09. The smallest absolute Gasteiger partial charge is 0.287 e. The van der Waals surface area contributed by atoms with Crippen molar-refractivity contribution in [3.63, 3.8) is 0 Å². The molecule has 0 aliphatic carbocycles. The summed E-state index contributed by atoms with van der Waals surface area (Å²) >= 11 is 0. The molecule has 1 amide bonds. The molecule has 7 heteroatoms. The third-order valence-electron chi connectivity index (χ3n) is 4.84. The van der Waals surface area contributed by atoms with Gasteiger partial charge in [0.15, 0.2) is 5.78 Å². The molecule has 27 heavy (non-hydrogen) atoms. The molecule has 0 spiro atoms. The van der Waals surface area contributed by atoms with E-state index in [-0.39, 0.29) is 31.0 Å². The van der Waals surface area contributed by atoms with Crippen LogP contribution in [-0.2, 0) is 30.4 Å². The molecular weight excluding hydrogens is 348 g/mol. The van der Waals surface area contributed by atoms with Gasteiger partial charge in [0.1, 0.15) is 5.78 Å². The third-order valence-corrected chi connectivity index (χ3v) is 4.84. The van der Waals surface area contributed by atoms with Crippen molar-refractivity contribution in [2.45, 2.75) is 39.5 Å². The lowest BCUT2D eigenvalue weighted by Gasteiger charge is -2.24. The van der Waals surface area contributed by atoms with Crippen LogP contribution in [0.2, 0.25) is 0 Å². The van der Waals surface area contributed by atoms with E-state index in [4.69, 9.17) is 0 Å². The van der Waals surface area contributed by atoms with E-state index in [1.807, 2.05) is 0 Å². The van der Waals surface area contributed by atoms with Gasteiger partial charge >= 0.3 is 0 Å². The Hall–Kier alpha value is -2.70. The Morgan fingerprint density at radius 1 is 1.22 bits per heavy atom. The number of nitrogens with zero attached hydrogens (tertiary/aromatic N) is 1. The van der Waals surface area contributed by atoms with E-state index in [1.54, 1.807) is 32.2 Å². The van der Waals surface area contributed by atoms with Crippen LogP contribution in [-0.4, -0.2) is 40.6 Å². The second-order valence-corrected chi connectivity index (χ2v) is 7.22. The average molecular weight is 372 g/mol. The van der Waals surface area contributed by atoms with E-state index < -0.39 is 35.1 Å². The lowest BCUT2D eigenvalue weighted by molar-refractivity contribution is -0.143. The minimum absolute atomic E-state index is 0.0486. The van der Waals surface area contributed by atoms with E-state index >= 15 is 0 Å². The molecule has 7 nitrogen and oxygen atoms in total. The fourth-order valence-corrected chi connectivity index (χ4v) is 3.17. The Bertz CT molecular complexity index is 742. The van der Waals surface area contributed by atoms with E-state index in [2.05, 4.69) is 10.3 Å². The molecule has 0 aromatic carbocycles. The maximum atomic E-state index is 12.7. The van der Waals surface area contributed by atoms with Crippen LogP contribution < -0.4 is 5.32 Å². The predicted octanol–water partition coefficient (Wildman–Crippen LogP) is 1.09. The van der Waals surface area contributed by atoms with Crippen LogP contribution in [0.1, 0.15) is 38.7 Å². The van der Waals surface area contributed by atoms with Crippen molar-refractivity contribution in [3.8, 4) is 0 Å². The summed E-state index contributed by atoms with van der Waals surface area (Å²) in [6, 6.07) is 3.40. The number of aromatic nitrogens is 1. The van der Waals surface area contributed by atoms with E-state index in [0.29, 0.717) is 18.5 Å². The predicted molar refractivity (Wildman–Crippen MR) is 96.6 cm³/mol. The number of Topliss-reactive ketones (excluding diaryl/α,β-unsaturated/α-hetero) is 4. The topological polar surface area (TPSA) is 110 Å². The van der Waals surface area contributed by atoms with Crippen LogP contribution in [0.25, 0.3) is 0 Å². The Morgan fingerprint density at radius 2 is 1.96 bits per heavy atom. The SMILES string of the molecule is CC(C)C(CC(=O)C(=O)Cc1cccnc1)C(=O)CC1CCNC(=O)C1=O. The highest BCUT2D eigenvalue weighted by atomic mass is 16.2. The standard InChI is InChI=1S/C20H24N2O5/c1-12(2)15(16(23)9-14-5-7-22-20(27)19(14)26)10-18(25)17(24)8-13-4-3-6-21-11-13/h3-4,6,11-12,14-15H,5,7-10H2,1-2H3,(H,22,27). The molecule has 2 atom stereocenters. The number of amides is 1. The number of ketones is 4. The maximum Gasteiger partial charge on any atom is 0.287 e. The Morgan fingerprint density at radius 3 is 2.59 bits per heavy atom. The summed E-state index contributed by atoms with van der Waals surface area (Å²) in [6.45, 7) is 3.96. The molecule has 0 bridgehead atoms. The summed E-state index contributed by atoms with van der Waals surface area (Å²) in [5.74, 6) is -4.10. The van der Waals surface area contributed by atoms with Gasteiger partial charge in [-0.2, -0.15) is 0 Å². The first-order valence-electron chi connectivity index (χ1n) is 9.09. The van der Waals surface area contributed by atoms with Gasteiger partial charge in [-0.25, -0.2) is 0 Å². The molecule has 0 saturated carbocycles. The number of hydrogen-bond donors (Lipinski definition) is 1. The lowest BCUT2D eigenvalue weighted by Crippen LogP contribution is -2.43. The number of hydrogen-bond acceptors (Lipinski definition) is 6. The highest BCUT2D eigenvalue weighted by Crippen LogP contribution is 2.24. The number of carbonyl (C=O) groups is 5. The van der Waals surface area contributed by atoms with Crippen LogP contribution >= 0.6 is 0 Å². The van der Waals surface area contributed by atoms with Gasteiger partial charge in [0.25, 0.3) is 5.91 Å². The second kappa shape index (κ2) is 9.30. The van der Waals surface area contributed by atoms with Gasteiger partial charge in [0, 0.05) is 50.0 Å². The summed E-state index contributed by atoms with van der Waals surface area (Å²) in [5.41, 5.74) is 0.641. The Labute approximate surface area is 157 Å². The summed E-state index contributed by atoms with van der Waals surface area (Å²) < 4.78 is 0. The van der Waals surface area contributed by atoms with E-state index in [9.17, 15) is 24.0 Å². The average Bonchev–Trinajstić information content (AvgIpc) is 2.63. The van der Waals surface area contributed by atoms with Gasteiger partial charge in [0.05, 0.1) is 0 Å². The largest absolute Gasteiger partial charge is 0.349 e. The quantitative estimate of drug-likeness (QED) is 0.650. The second-order valence-electron chi connectivity index (χ2n) is 7.22. The van der Waals surface area contributed by atoms with Gasteiger partial charge in [-0.1, -0.05) is 19.9 Å². The van der Waals surface area contributed by atoms with Crippen molar-refractivity contribution in [3.05, 3.63) is 30.1 Å². The number of piperidine rings is 1. The molecule has 2 rings (SSSR count). The van der Waals surface area contributed by atoms with E-state index in [0.717, 1.165) is 0 Å². The minimum Gasteiger partial charge on any atom is -0.349 e. The van der Waals surface area contributed by atoms with Crippen molar-refractivity contribution in [2.24, 2.45) is 17.8 Å². The highest BCUT2D eigenvalue weighted by molar-refractivity contribution is 6.38. The van der Waals surface area contributed by atoms with Crippen LogP contribution in [0, 0.1) is 17.8 Å². The Kier molecular flexibility index (Phi) is 7.10. The van der Waals surface area contributed by atoms with Crippen molar-refractivity contribution in [1.29, 1.82) is 0 Å². The molecule has 1 aromatic rings. The summed E-state index contributed by atoms with van der Waals surface area (Å²) in [6.07, 6.45) is 3.22. The summed E-state index contributed by atoms with van der Waals surface area (Å²) in [5, 5.41) is 2.45. The van der Waals surface area contributed by atoms with Crippen LogP contribution in [0.4, 0.5) is 0 Å². The first-order chi connectivity index (χ1) is 12.8. The fourth-order valence-electron chi connectivity index (χ4n) is 3.17. The van der Waals surface area contributed by atoms with E-state index in [1.165, 1.54) is 6.20 Å². The zero-order valence-electron chi connectivity index (χ0n) is 15.6. The maximum absolute atomic E-state index is 12.7. The third kappa shape index (κ3) is 5.64. The molecule has 1 aromatic heterocycles. The monoisotopic (exact) mass is 372 g/mol. The molecular formula is C20H24N2O5. The fraction of sp³-hybridized carbons (Fsp3) is 0.500. The summed E-state index contributed by atoms with van der Waals surface area (Å²) in [7, 11) is 0. The van der Waals surface area contributed by atoms with Crippen LogP contribution in [0.15, 0.2) is 24.5 Å². The Balaban J connectivity index is 1.98. The lowest BCUT2D eigenvalue weighted by atomic mass is 9.80. The van der Waals surface area contributed by atoms with Gasteiger partial charge in [-0.15, -0.1) is 0 Å². The van der Waals surface area contributed by atoms with Crippen LogP contribution in [0.3, 0.4) is 0 Å². The zero-order chi connectivity index (χ0) is 20.0. The molecule has 1 N–H and O–H groups in total. The normalized spacial score (nSPS) is 18.1. The molecule has 1 aliphatic rings. The van der Waals surface area contributed by atoms with Gasteiger partial charge in [-0.3, -0.25) is 29.0 Å². The van der Waals surface area contributed by atoms with Crippen LogP contribution in [0.5, 0.6) is 0 Å². The van der Waals surface area contributed by atoms with Gasteiger partial charge in [0.2, 0.25) is 11.6 Å². The number of pyridine rings is 1. The molecule has 1 saturated heterocycles. The van der Waals surface area contributed by atoms with Crippen molar-refractivity contribution >= 4 is 29.0 Å². The van der Waals surface area contributed by atoms with Crippen molar-refractivity contribution in [2.75, 3.05) is 6.54 Å². The molecule has 1 fully saturated rings. The van der Waals surface area contributed by atoms with Gasteiger partial charge in [-0.05, 0) is 24.0 Å². The number of carbonyl (C=O) groups excluding carboxylic acids is 5. The molecule has 2 unspecified atom stereocenters. The number of nitrogens with one attached hydrogen (secondary N) is 1. The molecule has 1 aliphatic heterocycles. The van der Waals surface area contributed by atoms with Crippen molar-refractivity contribution in [1.82, 2.24) is 10.3 Å². The van der Waals surface area contributed by atoms with Crippen molar-refractivity contribution < 1.29 is 24.0 Å². The highest BCUT2D eigenvalue weighted by Gasteiger charge is 2.34. The zero-order valence-corrected chi connectivity index (χ0v) is 15.6. The summed E-state index contributed by atoms with van der Waals surface area (Å²) in [4.78, 5) is 64.4. The minimum atomic E-state index is -0.664. The first kappa shape index (κ1) is 20.6. The van der Waals surface area contributed by atoms with Gasteiger partial charge < -0.3 is 5.32 Å². The molecule has 0 radical (unpaired) electrons.